The molecule has 0 aliphatic heterocycles. The maximum atomic E-state index is 12.7. The van der Waals surface area contributed by atoms with Crippen LogP contribution in [0.15, 0.2) is 77.8 Å². The van der Waals surface area contributed by atoms with E-state index in [4.69, 9.17) is 0 Å². The molecule has 4 aromatic rings. The van der Waals surface area contributed by atoms with Crippen LogP contribution in [-0.2, 0) is 10.0 Å². The molecule has 5 nitrogen and oxygen atoms in total. The van der Waals surface area contributed by atoms with Gasteiger partial charge in [0.05, 0.1) is 10.3 Å². The van der Waals surface area contributed by atoms with E-state index in [0.717, 1.165) is 16.3 Å². The SMILES string of the molecule is Cc1ccc(S(=O)(=O)Nc2cccc3c4ccccc4c[n+]([O-])c23)cc1. The summed E-state index contributed by atoms with van der Waals surface area (Å²) in [7, 11) is -3.79. The average Bonchev–Trinajstić information content (AvgIpc) is 2.62. The topological polar surface area (TPSA) is 73.1 Å². The van der Waals surface area contributed by atoms with Gasteiger partial charge in [0.25, 0.3) is 10.0 Å². The minimum absolute atomic E-state index is 0.151. The molecule has 0 saturated heterocycles. The molecule has 0 aliphatic rings. The van der Waals surface area contributed by atoms with E-state index in [9.17, 15) is 13.6 Å². The number of hydrogen-bond acceptors (Lipinski definition) is 3. The zero-order valence-electron chi connectivity index (χ0n) is 14.0. The van der Waals surface area contributed by atoms with Gasteiger partial charge in [0, 0.05) is 10.8 Å². The minimum Gasteiger partial charge on any atom is -0.618 e. The van der Waals surface area contributed by atoms with Crippen molar-refractivity contribution in [2.24, 2.45) is 0 Å². The van der Waals surface area contributed by atoms with Crippen LogP contribution in [0.4, 0.5) is 5.69 Å². The first-order chi connectivity index (χ1) is 12.5. The Balaban J connectivity index is 1.90. The van der Waals surface area contributed by atoms with Crippen LogP contribution in [0.3, 0.4) is 0 Å². The highest BCUT2D eigenvalue weighted by atomic mass is 32.2. The van der Waals surface area contributed by atoms with Gasteiger partial charge in [-0.1, -0.05) is 42.0 Å². The lowest BCUT2D eigenvalue weighted by atomic mass is 10.1. The lowest BCUT2D eigenvalue weighted by molar-refractivity contribution is -0.575. The fourth-order valence-corrected chi connectivity index (χ4v) is 4.11. The number of aryl methyl sites for hydroxylation is 1. The van der Waals surface area contributed by atoms with Crippen molar-refractivity contribution in [1.82, 2.24) is 0 Å². The Labute approximate surface area is 151 Å². The number of benzene rings is 3. The van der Waals surface area contributed by atoms with Crippen molar-refractivity contribution in [3.05, 3.63) is 83.7 Å². The van der Waals surface area contributed by atoms with Crippen LogP contribution in [-0.4, -0.2) is 8.42 Å². The monoisotopic (exact) mass is 364 g/mol. The Morgan fingerprint density at radius 3 is 2.35 bits per heavy atom. The van der Waals surface area contributed by atoms with Gasteiger partial charge in [0.15, 0.2) is 6.20 Å². The van der Waals surface area contributed by atoms with Gasteiger partial charge in [-0.2, -0.15) is 4.73 Å². The summed E-state index contributed by atoms with van der Waals surface area (Å²) in [6, 6.07) is 19.2. The van der Waals surface area contributed by atoms with Crippen LogP contribution in [0.1, 0.15) is 5.56 Å². The van der Waals surface area contributed by atoms with Crippen LogP contribution in [0.5, 0.6) is 0 Å². The van der Waals surface area contributed by atoms with E-state index in [2.05, 4.69) is 4.72 Å². The molecule has 0 atom stereocenters. The van der Waals surface area contributed by atoms with E-state index in [1.54, 1.807) is 36.4 Å². The largest absolute Gasteiger partial charge is 0.618 e. The molecule has 1 aromatic heterocycles. The zero-order valence-corrected chi connectivity index (χ0v) is 14.8. The van der Waals surface area contributed by atoms with Crippen molar-refractivity contribution in [2.75, 3.05) is 4.72 Å². The van der Waals surface area contributed by atoms with Gasteiger partial charge in [-0.15, -0.1) is 0 Å². The first-order valence-electron chi connectivity index (χ1n) is 8.09. The van der Waals surface area contributed by atoms with Crippen molar-refractivity contribution < 1.29 is 13.1 Å². The van der Waals surface area contributed by atoms with Crippen molar-refractivity contribution >= 4 is 37.4 Å². The minimum atomic E-state index is -3.79. The Bertz CT molecular complexity index is 1230. The molecular weight excluding hydrogens is 348 g/mol. The van der Waals surface area contributed by atoms with Crippen LogP contribution < -0.4 is 9.45 Å². The highest BCUT2D eigenvalue weighted by Crippen LogP contribution is 2.28. The Morgan fingerprint density at radius 2 is 1.58 bits per heavy atom. The molecule has 26 heavy (non-hydrogen) atoms. The van der Waals surface area contributed by atoms with Gasteiger partial charge in [-0.05, 0) is 37.3 Å². The molecule has 0 aliphatic carbocycles. The first-order valence-corrected chi connectivity index (χ1v) is 9.57. The molecular formula is C20H16N2O3S. The molecule has 0 fully saturated rings. The molecule has 6 heteroatoms. The van der Waals surface area contributed by atoms with E-state index >= 15 is 0 Å². The molecule has 1 heterocycles. The summed E-state index contributed by atoms with van der Waals surface area (Å²) in [4.78, 5) is 0.151. The first kappa shape index (κ1) is 16.4. The van der Waals surface area contributed by atoms with Gasteiger partial charge in [-0.25, -0.2) is 8.42 Å². The van der Waals surface area contributed by atoms with Gasteiger partial charge in [0.1, 0.15) is 5.69 Å². The third kappa shape index (κ3) is 2.74. The summed E-state index contributed by atoms with van der Waals surface area (Å²) < 4.78 is 28.7. The summed E-state index contributed by atoms with van der Waals surface area (Å²) >= 11 is 0. The highest BCUT2D eigenvalue weighted by molar-refractivity contribution is 7.92. The molecule has 0 saturated carbocycles. The fourth-order valence-electron chi connectivity index (χ4n) is 3.05. The standard InChI is InChI=1S/C20H16N2O3S/c1-14-9-11-16(12-10-14)26(24,25)21-19-8-4-7-18-17-6-3-2-5-15(17)13-22(23)20(18)19/h2-13,21H,1H3. The molecule has 3 aromatic carbocycles. The maximum Gasteiger partial charge on any atom is 0.262 e. The van der Waals surface area contributed by atoms with Crippen LogP contribution in [0.25, 0.3) is 21.7 Å². The molecule has 0 bridgehead atoms. The average molecular weight is 364 g/mol. The van der Waals surface area contributed by atoms with E-state index in [1.807, 2.05) is 37.3 Å². The number of anilines is 1. The molecule has 4 rings (SSSR count). The third-order valence-electron chi connectivity index (χ3n) is 4.34. The van der Waals surface area contributed by atoms with Crippen LogP contribution in [0.2, 0.25) is 0 Å². The molecule has 0 radical (unpaired) electrons. The lowest BCUT2D eigenvalue weighted by Crippen LogP contribution is -2.28. The van der Waals surface area contributed by atoms with Gasteiger partial charge < -0.3 is 5.21 Å². The summed E-state index contributed by atoms with van der Waals surface area (Å²) in [6.07, 6.45) is 1.46. The van der Waals surface area contributed by atoms with Crippen LogP contribution in [0, 0.1) is 12.1 Å². The Hall–Kier alpha value is -3.12. The second-order valence-electron chi connectivity index (χ2n) is 6.16. The quantitative estimate of drug-likeness (QED) is 0.342. The summed E-state index contributed by atoms with van der Waals surface area (Å²) in [5.74, 6) is 0. The van der Waals surface area contributed by atoms with Crippen molar-refractivity contribution in [1.29, 1.82) is 0 Å². The zero-order chi connectivity index (χ0) is 18.3. The highest BCUT2D eigenvalue weighted by Gasteiger charge is 2.20. The summed E-state index contributed by atoms with van der Waals surface area (Å²) in [5, 5.41) is 15.0. The van der Waals surface area contributed by atoms with E-state index in [-0.39, 0.29) is 10.6 Å². The third-order valence-corrected chi connectivity index (χ3v) is 5.72. The second kappa shape index (κ2) is 6.00. The molecule has 1 N–H and O–H groups in total. The van der Waals surface area contributed by atoms with E-state index in [1.165, 1.54) is 6.20 Å². The van der Waals surface area contributed by atoms with Gasteiger partial charge >= 0.3 is 0 Å². The van der Waals surface area contributed by atoms with E-state index < -0.39 is 10.0 Å². The van der Waals surface area contributed by atoms with Gasteiger partial charge in [0.2, 0.25) is 5.52 Å². The van der Waals surface area contributed by atoms with Crippen molar-refractivity contribution in [3.63, 3.8) is 0 Å². The number of aromatic nitrogens is 1. The Morgan fingerprint density at radius 1 is 0.885 bits per heavy atom. The van der Waals surface area contributed by atoms with Crippen molar-refractivity contribution in [3.8, 4) is 0 Å². The number of nitrogens with zero attached hydrogens (tertiary/aromatic N) is 1. The number of rotatable bonds is 3. The number of pyridine rings is 1. The molecule has 0 spiro atoms. The lowest BCUT2D eigenvalue weighted by Gasteiger charge is -2.12. The number of sulfonamides is 1. The Kier molecular flexibility index (Phi) is 3.77. The fraction of sp³-hybridized carbons (Fsp3) is 0.0500. The predicted molar refractivity (Wildman–Crippen MR) is 102 cm³/mol. The van der Waals surface area contributed by atoms with Crippen molar-refractivity contribution in [2.45, 2.75) is 11.8 Å². The molecule has 0 amide bonds. The molecule has 0 unspecified atom stereocenters. The van der Waals surface area contributed by atoms with E-state index in [0.29, 0.717) is 15.6 Å². The van der Waals surface area contributed by atoms with Crippen LogP contribution >= 0.6 is 0 Å². The normalized spacial score (nSPS) is 11.7. The number of hydrogen-bond donors (Lipinski definition) is 1. The maximum absolute atomic E-state index is 12.7. The number of nitrogens with one attached hydrogen (secondary N) is 1. The number of fused-ring (bicyclic) bond motifs is 3. The van der Waals surface area contributed by atoms with Gasteiger partial charge in [-0.3, -0.25) is 4.72 Å². The summed E-state index contributed by atoms with van der Waals surface area (Å²) in [6.45, 7) is 1.89. The molecule has 130 valence electrons. The predicted octanol–water partition coefficient (Wildman–Crippen LogP) is 3.74. The number of para-hydroxylation sites is 1. The smallest absolute Gasteiger partial charge is 0.262 e. The second-order valence-corrected chi connectivity index (χ2v) is 7.84. The summed E-state index contributed by atoms with van der Waals surface area (Å²) in [5.41, 5.74) is 1.52.